The number of hydrogen-bond acceptors (Lipinski definition) is 5. The summed E-state index contributed by atoms with van der Waals surface area (Å²) >= 11 is 4.73. The molecular weight excluding hydrogens is 488 g/mol. The zero-order valence-corrected chi connectivity index (χ0v) is 19.6. The molecule has 162 valence electrons. The van der Waals surface area contributed by atoms with Gasteiger partial charge in [-0.1, -0.05) is 76.2 Å². The molecule has 0 spiro atoms. The molecule has 0 aliphatic carbocycles. The van der Waals surface area contributed by atoms with E-state index in [4.69, 9.17) is 4.74 Å². The summed E-state index contributed by atoms with van der Waals surface area (Å²) in [5.74, 6) is 1.56. The van der Waals surface area contributed by atoms with Crippen LogP contribution in [0.4, 0.5) is 5.69 Å². The number of benzene rings is 3. The van der Waals surface area contributed by atoms with Gasteiger partial charge >= 0.3 is 0 Å². The van der Waals surface area contributed by atoms with Gasteiger partial charge in [-0.2, -0.15) is 0 Å². The van der Waals surface area contributed by atoms with Gasteiger partial charge in [-0.25, -0.2) is 0 Å². The Morgan fingerprint density at radius 2 is 1.94 bits per heavy atom. The first kappa shape index (κ1) is 22.1. The third kappa shape index (κ3) is 5.38. The molecule has 4 rings (SSSR count). The number of hydrogen-bond donors (Lipinski definition) is 1. The van der Waals surface area contributed by atoms with E-state index < -0.39 is 0 Å². The van der Waals surface area contributed by atoms with E-state index in [1.165, 1.54) is 11.8 Å². The molecule has 0 saturated heterocycles. The van der Waals surface area contributed by atoms with Crippen molar-refractivity contribution in [1.29, 1.82) is 0 Å². The van der Waals surface area contributed by atoms with Gasteiger partial charge in [-0.05, 0) is 29.7 Å². The first-order valence-corrected chi connectivity index (χ1v) is 11.7. The van der Waals surface area contributed by atoms with Crippen molar-refractivity contribution in [2.24, 2.45) is 0 Å². The molecule has 1 aromatic heterocycles. The third-order valence-electron chi connectivity index (χ3n) is 4.65. The minimum absolute atomic E-state index is 0.116. The highest BCUT2D eigenvalue weighted by Crippen LogP contribution is 2.26. The molecule has 8 heteroatoms. The summed E-state index contributed by atoms with van der Waals surface area (Å²) in [5, 5.41) is 14.2. The molecule has 0 unspecified atom stereocenters. The van der Waals surface area contributed by atoms with Crippen molar-refractivity contribution in [1.82, 2.24) is 14.8 Å². The number of carbonyl (C=O) groups is 1. The van der Waals surface area contributed by atoms with Crippen molar-refractivity contribution in [3.8, 4) is 5.75 Å². The molecule has 0 radical (unpaired) electrons. The van der Waals surface area contributed by atoms with Crippen molar-refractivity contribution in [2.75, 3.05) is 11.1 Å². The molecule has 1 heterocycles. The van der Waals surface area contributed by atoms with Crippen molar-refractivity contribution >= 4 is 50.1 Å². The fraction of sp³-hybridized carbons (Fsp3) is 0.125. The first-order valence-electron chi connectivity index (χ1n) is 9.96. The van der Waals surface area contributed by atoms with Crippen molar-refractivity contribution in [3.63, 3.8) is 0 Å². The number of nitrogens with one attached hydrogen (secondary N) is 1. The van der Waals surface area contributed by atoms with Gasteiger partial charge in [-0.15, -0.1) is 16.8 Å². The van der Waals surface area contributed by atoms with Crippen LogP contribution in [0.3, 0.4) is 0 Å². The van der Waals surface area contributed by atoms with E-state index in [-0.39, 0.29) is 18.3 Å². The van der Waals surface area contributed by atoms with Crippen LogP contribution < -0.4 is 10.1 Å². The van der Waals surface area contributed by atoms with Gasteiger partial charge < -0.3 is 10.1 Å². The van der Waals surface area contributed by atoms with Gasteiger partial charge in [0.25, 0.3) is 0 Å². The minimum Gasteiger partial charge on any atom is -0.485 e. The van der Waals surface area contributed by atoms with Crippen LogP contribution in [0.25, 0.3) is 10.8 Å². The second-order valence-corrected chi connectivity index (χ2v) is 8.77. The normalized spacial score (nSPS) is 10.8. The number of anilines is 1. The summed E-state index contributed by atoms with van der Waals surface area (Å²) in [5.41, 5.74) is 0.738. The third-order valence-corrected chi connectivity index (χ3v) is 6.11. The molecule has 1 amide bonds. The number of nitrogens with zero attached hydrogens (tertiary/aromatic N) is 3. The van der Waals surface area contributed by atoms with Crippen molar-refractivity contribution in [3.05, 3.63) is 89.7 Å². The lowest BCUT2D eigenvalue weighted by Crippen LogP contribution is -2.15. The molecule has 0 bridgehead atoms. The van der Waals surface area contributed by atoms with Crippen LogP contribution >= 0.6 is 27.7 Å². The van der Waals surface area contributed by atoms with Gasteiger partial charge in [0, 0.05) is 22.1 Å². The van der Waals surface area contributed by atoms with Crippen LogP contribution in [0.5, 0.6) is 5.75 Å². The predicted molar refractivity (Wildman–Crippen MR) is 132 cm³/mol. The van der Waals surface area contributed by atoms with Crippen LogP contribution in [-0.4, -0.2) is 26.4 Å². The van der Waals surface area contributed by atoms with Crippen LogP contribution in [0, 0.1) is 0 Å². The highest BCUT2D eigenvalue weighted by atomic mass is 79.9. The van der Waals surface area contributed by atoms with E-state index in [1.54, 1.807) is 6.08 Å². The lowest BCUT2D eigenvalue weighted by Gasteiger charge is -2.11. The van der Waals surface area contributed by atoms with Gasteiger partial charge in [0.1, 0.15) is 12.4 Å². The zero-order chi connectivity index (χ0) is 22.3. The maximum atomic E-state index is 12.4. The Hall–Kier alpha value is -3.10. The Morgan fingerprint density at radius 1 is 1.12 bits per heavy atom. The fourth-order valence-corrected chi connectivity index (χ4v) is 4.37. The Bertz CT molecular complexity index is 1250. The molecule has 1 N–H and O–H groups in total. The average molecular weight is 509 g/mol. The smallest absolute Gasteiger partial charge is 0.234 e. The first-order chi connectivity index (χ1) is 15.6. The number of amides is 1. The Balaban J connectivity index is 1.42. The lowest BCUT2D eigenvalue weighted by atomic mass is 10.1. The Morgan fingerprint density at radius 3 is 2.78 bits per heavy atom. The average Bonchev–Trinajstić information content (AvgIpc) is 3.18. The van der Waals surface area contributed by atoms with E-state index >= 15 is 0 Å². The molecule has 3 aromatic carbocycles. The monoisotopic (exact) mass is 508 g/mol. The number of rotatable bonds is 9. The second kappa shape index (κ2) is 10.5. The topological polar surface area (TPSA) is 69.0 Å². The van der Waals surface area contributed by atoms with Crippen LogP contribution in [0.2, 0.25) is 0 Å². The zero-order valence-electron chi connectivity index (χ0n) is 17.2. The predicted octanol–water partition coefficient (Wildman–Crippen LogP) is 5.69. The van der Waals surface area contributed by atoms with E-state index in [9.17, 15) is 4.79 Å². The minimum atomic E-state index is -0.116. The standard InChI is InChI=1S/C24H21BrN4O2S/c1-2-13-29-22(15-31-21-12-5-8-17-7-3-4-11-20(17)21)27-28-24(29)32-16-23(30)26-19-10-6-9-18(25)14-19/h2-12,14H,1,13,15-16H2,(H,26,30). The van der Waals surface area contributed by atoms with Gasteiger partial charge in [0.2, 0.25) is 5.91 Å². The van der Waals surface area contributed by atoms with Crippen LogP contribution in [0.1, 0.15) is 5.82 Å². The van der Waals surface area contributed by atoms with Gasteiger partial charge in [-0.3, -0.25) is 9.36 Å². The van der Waals surface area contributed by atoms with E-state index in [1.807, 2.05) is 59.2 Å². The summed E-state index contributed by atoms with van der Waals surface area (Å²) in [6.45, 7) is 4.61. The molecule has 32 heavy (non-hydrogen) atoms. The summed E-state index contributed by atoms with van der Waals surface area (Å²) in [4.78, 5) is 12.4. The van der Waals surface area contributed by atoms with Crippen LogP contribution in [-0.2, 0) is 17.9 Å². The maximum absolute atomic E-state index is 12.4. The number of aromatic nitrogens is 3. The van der Waals surface area contributed by atoms with Crippen molar-refractivity contribution < 1.29 is 9.53 Å². The molecule has 0 aliphatic heterocycles. The number of ether oxygens (including phenoxy) is 1. The lowest BCUT2D eigenvalue weighted by molar-refractivity contribution is -0.113. The largest absolute Gasteiger partial charge is 0.485 e. The summed E-state index contributed by atoms with van der Waals surface area (Å²) in [6.07, 6.45) is 1.77. The van der Waals surface area contributed by atoms with Gasteiger partial charge in [0.15, 0.2) is 11.0 Å². The summed E-state index contributed by atoms with van der Waals surface area (Å²) in [7, 11) is 0. The molecule has 4 aromatic rings. The highest BCUT2D eigenvalue weighted by molar-refractivity contribution is 9.10. The Labute approximate surface area is 198 Å². The molecule has 0 fully saturated rings. The SMILES string of the molecule is C=CCn1c(COc2cccc3ccccc23)nnc1SCC(=O)Nc1cccc(Br)c1. The van der Waals surface area contributed by atoms with E-state index in [0.717, 1.165) is 26.7 Å². The molecule has 0 atom stereocenters. The summed E-state index contributed by atoms with van der Waals surface area (Å²) < 4.78 is 8.89. The number of thioether (sulfide) groups is 1. The number of halogens is 1. The molecular formula is C24H21BrN4O2S. The van der Waals surface area contributed by atoms with E-state index in [2.05, 4.69) is 50.2 Å². The van der Waals surface area contributed by atoms with Gasteiger partial charge in [0.05, 0.1) is 5.75 Å². The fourth-order valence-electron chi connectivity index (χ4n) is 3.20. The van der Waals surface area contributed by atoms with E-state index in [0.29, 0.717) is 17.5 Å². The quantitative estimate of drug-likeness (QED) is 0.232. The molecule has 0 saturated carbocycles. The Kier molecular flexibility index (Phi) is 7.24. The highest BCUT2D eigenvalue weighted by Gasteiger charge is 2.15. The van der Waals surface area contributed by atoms with Crippen LogP contribution in [0.15, 0.2) is 89.0 Å². The second-order valence-electron chi connectivity index (χ2n) is 6.91. The maximum Gasteiger partial charge on any atom is 0.234 e. The number of carbonyl (C=O) groups excluding carboxylic acids is 1. The van der Waals surface area contributed by atoms with Crippen molar-refractivity contribution in [2.45, 2.75) is 18.3 Å². The molecule has 0 aliphatic rings. The molecule has 6 nitrogen and oxygen atoms in total. The number of allylic oxidation sites excluding steroid dienone is 1. The summed E-state index contributed by atoms with van der Waals surface area (Å²) in [6, 6.07) is 21.5. The number of fused-ring (bicyclic) bond motifs is 1.